The van der Waals surface area contributed by atoms with Crippen LogP contribution in [0, 0.1) is 5.41 Å². The molecule has 2 aromatic rings. The van der Waals surface area contributed by atoms with Gasteiger partial charge in [-0.2, -0.15) is 8.42 Å². The third-order valence-corrected chi connectivity index (χ3v) is 8.14. The van der Waals surface area contributed by atoms with E-state index in [-0.39, 0.29) is 17.4 Å². The van der Waals surface area contributed by atoms with Crippen molar-refractivity contribution in [2.75, 3.05) is 12.3 Å². The number of nitrogens with one attached hydrogen (secondary N) is 1. The van der Waals surface area contributed by atoms with E-state index in [1.165, 1.54) is 40.0 Å². The third kappa shape index (κ3) is 7.40. The fourth-order valence-electron chi connectivity index (χ4n) is 3.36. The minimum absolute atomic E-state index is 0.0174. The van der Waals surface area contributed by atoms with E-state index in [1.807, 2.05) is 6.07 Å². The Labute approximate surface area is 245 Å². The van der Waals surface area contributed by atoms with Crippen LogP contribution in [0.2, 0.25) is 0 Å². The quantitative estimate of drug-likeness (QED) is 0.123. The summed E-state index contributed by atoms with van der Waals surface area (Å²) in [5.41, 5.74) is 2.66. The van der Waals surface area contributed by atoms with Gasteiger partial charge < -0.3 is 25.7 Å². The molecule has 3 rings (SSSR count). The van der Waals surface area contributed by atoms with Crippen molar-refractivity contribution in [2.24, 2.45) is 10.6 Å². The van der Waals surface area contributed by atoms with Gasteiger partial charge in [0, 0.05) is 5.38 Å². The Morgan fingerprint density at radius 1 is 1.19 bits per heavy atom. The number of benzene rings is 1. The number of rotatable bonds is 13. The SMILES string of the molecule is C[C@H]1[C@H](NC(=O)/C(=N/OC(C)(C)C(=O)O)c2csc(N)n2)C(=O)N1S(=O)(=O)OCC(C)(C)C(=O)OCc1ccccc1. The van der Waals surface area contributed by atoms with Gasteiger partial charge in [0.1, 0.15) is 18.3 Å². The standard InChI is InChI=1S/C25H31N5O10S2/c1-14-17(28-19(31)18(16-12-41-23(26)27-16)29-40-25(4,5)21(33)34)20(32)30(14)42(36,37)39-13-24(2,3)22(35)38-11-15-9-7-6-8-10-15/h6-10,12,14,17H,11,13H2,1-5H3,(H2,26,27)(H,28,31)(H,33,34)/b29-18+/t14-,17-/m0/s1. The van der Waals surface area contributed by atoms with Crippen LogP contribution in [-0.2, 0) is 49.8 Å². The number of hydrogen-bond donors (Lipinski definition) is 3. The number of esters is 1. The molecule has 2 atom stereocenters. The Bertz CT molecular complexity index is 1490. The second-order valence-corrected chi connectivity index (χ2v) is 12.8. The maximum atomic E-state index is 13.0. The highest BCUT2D eigenvalue weighted by molar-refractivity contribution is 7.85. The molecule has 0 spiro atoms. The van der Waals surface area contributed by atoms with Gasteiger partial charge in [0.15, 0.2) is 10.8 Å². The molecule has 0 saturated carbocycles. The lowest BCUT2D eigenvalue weighted by molar-refractivity contribution is -0.161. The number of carbonyl (C=O) groups is 4. The highest BCUT2D eigenvalue weighted by Crippen LogP contribution is 2.28. The van der Waals surface area contributed by atoms with Crippen LogP contribution in [0.25, 0.3) is 0 Å². The molecular weight excluding hydrogens is 594 g/mol. The van der Waals surface area contributed by atoms with E-state index >= 15 is 0 Å². The van der Waals surface area contributed by atoms with Gasteiger partial charge in [-0.05, 0) is 40.2 Å². The second-order valence-electron chi connectivity index (χ2n) is 10.4. The lowest BCUT2D eigenvalue weighted by Crippen LogP contribution is -2.71. The molecule has 228 valence electrons. The Morgan fingerprint density at radius 3 is 2.38 bits per heavy atom. The molecule has 0 bridgehead atoms. The normalized spacial score (nSPS) is 17.8. The molecule has 1 aliphatic rings. The third-order valence-electron chi connectivity index (χ3n) is 6.06. The lowest BCUT2D eigenvalue weighted by atomic mass is 9.95. The monoisotopic (exact) mass is 625 g/mol. The second kappa shape index (κ2) is 12.4. The number of nitrogen functional groups attached to an aromatic ring is 1. The predicted octanol–water partition coefficient (Wildman–Crippen LogP) is 1.06. The molecule has 1 fully saturated rings. The number of aromatic nitrogens is 1. The molecule has 1 aromatic carbocycles. The van der Waals surface area contributed by atoms with Gasteiger partial charge >= 0.3 is 22.2 Å². The number of nitrogens with two attached hydrogens (primary N) is 1. The van der Waals surface area contributed by atoms with Gasteiger partial charge in [-0.1, -0.05) is 35.5 Å². The Balaban J connectivity index is 1.65. The van der Waals surface area contributed by atoms with Crippen LogP contribution in [0.3, 0.4) is 0 Å². The fraction of sp³-hybridized carbons (Fsp3) is 0.440. The van der Waals surface area contributed by atoms with Crippen LogP contribution in [-0.4, -0.2) is 76.6 Å². The Morgan fingerprint density at radius 2 is 1.83 bits per heavy atom. The van der Waals surface area contributed by atoms with Crippen molar-refractivity contribution < 1.29 is 46.5 Å². The predicted molar refractivity (Wildman–Crippen MR) is 149 cm³/mol. The summed E-state index contributed by atoms with van der Waals surface area (Å²) >= 11 is 0.974. The van der Waals surface area contributed by atoms with Crippen molar-refractivity contribution in [3.05, 3.63) is 47.0 Å². The first kappa shape index (κ1) is 32.4. The molecule has 0 aliphatic carbocycles. The molecule has 2 heterocycles. The molecule has 0 unspecified atom stereocenters. The van der Waals surface area contributed by atoms with Crippen LogP contribution in [0.4, 0.5) is 5.13 Å². The lowest BCUT2D eigenvalue weighted by Gasteiger charge is -2.43. The average molecular weight is 626 g/mol. The number of thiazole rings is 1. The van der Waals surface area contributed by atoms with Crippen LogP contribution in [0.15, 0.2) is 40.9 Å². The summed E-state index contributed by atoms with van der Waals surface area (Å²) in [6.07, 6.45) is 0. The highest BCUT2D eigenvalue weighted by atomic mass is 32.2. The summed E-state index contributed by atoms with van der Waals surface area (Å²) in [7, 11) is -4.66. The number of nitrogens with zero attached hydrogens (tertiary/aromatic N) is 3. The number of oxime groups is 1. The van der Waals surface area contributed by atoms with Crippen molar-refractivity contribution in [2.45, 2.75) is 58.9 Å². The number of β-lactam (4-membered cyclic amide) rings is 1. The van der Waals surface area contributed by atoms with Gasteiger partial charge in [-0.25, -0.2) is 14.1 Å². The number of carboxylic acids is 1. The number of ether oxygens (including phenoxy) is 1. The van der Waals surface area contributed by atoms with Crippen molar-refractivity contribution in [3.63, 3.8) is 0 Å². The van der Waals surface area contributed by atoms with Crippen LogP contribution >= 0.6 is 11.3 Å². The van der Waals surface area contributed by atoms with Gasteiger partial charge in [0.25, 0.3) is 11.8 Å². The molecule has 1 saturated heterocycles. The van der Waals surface area contributed by atoms with E-state index in [9.17, 15) is 32.7 Å². The van der Waals surface area contributed by atoms with Crippen LogP contribution in [0.5, 0.6) is 0 Å². The first-order valence-corrected chi connectivity index (χ1v) is 14.7. The average Bonchev–Trinajstić information content (AvgIpc) is 3.35. The van der Waals surface area contributed by atoms with Gasteiger partial charge in [-0.15, -0.1) is 11.3 Å². The zero-order valence-electron chi connectivity index (χ0n) is 23.4. The van der Waals surface area contributed by atoms with E-state index in [2.05, 4.69) is 15.5 Å². The van der Waals surface area contributed by atoms with Gasteiger partial charge in [0.05, 0.1) is 18.1 Å². The Kier molecular flexibility index (Phi) is 9.59. The number of carbonyl (C=O) groups excluding carboxylic acids is 3. The first-order chi connectivity index (χ1) is 19.5. The molecular formula is C25H31N5O10S2. The number of hydrogen-bond acceptors (Lipinski definition) is 13. The van der Waals surface area contributed by atoms with E-state index in [4.69, 9.17) is 19.5 Å². The van der Waals surface area contributed by atoms with Crippen LogP contribution in [0.1, 0.15) is 45.9 Å². The molecule has 0 radical (unpaired) electrons. The summed E-state index contributed by atoms with van der Waals surface area (Å²) < 4.78 is 36.4. The summed E-state index contributed by atoms with van der Waals surface area (Å²) in [6, 6.07) is 6.49. The maximum Gasteiger partial charge on any atom is 0.365 e. The molecule has 15 nitrogen and oxygen atoms in total. The van der Waals surface area contributed by atoms with Crippen LogP contribution < -0.4 is 11.1 Å². The topological polar surface area (TPSA) is 217 Å². The van der Waals surface area contributed by atoms with E-state index in [1.54, 1.807) is 24.3 Å². The fourth-order valence-corrected chi connectivity index (χ4v) is 5.33. The minimum atomic E-state index is -4.66. The number of aliphatic carboxylic acids is 1. The minimum Gasteiger partial charge on any atom is -0.478 e. The summed E-state index contributed by atoms with van der Waals surface area (Å²) in [6.45, 7) is 5.99. The van der Waals surface area contributed by atoms with Crippen molar-refractivity contribution in [1.82, 2.24) is 14.6 Å². The smallest absolute Gasteiger partial charge is 0.365 e. The summed E-state index contributed by atoms with van der Waals surface area (Å²) in [5.74, 6) is -4.08. The van der Waals surface area contributed by atoms with Crippen molar-refractivity contribution >= 4 is 56.2 Å². The van der Waals surface area contributed by atoms with Crippen molar-refractivity contribution in [3.8, 4) is 0 Å². The molecule has 4 N–H and O–H groups in total. The molecule has 1 aromatic heterocycles. The molecule has 2 amide bonds. The van der Waals surface area contributed by atoms with E-state index in [0.29, 0.717) is 4.31 Å². The Hall–Kier alpha value is -4.09. The largest absolute Gasteiger partial charge is 0.478 e. The van der Waals surface area contributed by atoms with E-state index in [0.717, 1.165) is 16.9 Å². The number of carboxylic acid groups (broad SMARTS) is 1. The molecule has 1 aliphatic heterocycles. The number of amides is 2. The molecule has 17 heteroatoms. The van der Waals surface area contributed by atoms with Gasteiger partial charge in [0.2, 0.25) is 5.60 Å². The van der Waals surface area contributed by atoms with Crippen molar-refractivity contribution in [1.29, 1.82) is 0 Å². The summed E-state index contributed by atoms with van der Waals surface area (Å²) in [4.78, 5) is 58.7. The zero-order chi connectivity index (χ0) is 31.5. The number of anilines is 1. The molecule has 42 heavy (non-hydrogen) atoms. The zero-order valence-corrected chi connectivity index (χ0v) is 25.0. The highest BCUT2D eigenvalue weighted by Gasteiger charge is 2.53. The maximum absolute atomic E-state index is 13.0. The van der Waals surface area contributed by atoms with Gasteiger partial charge in [-0.3, -0.25) is 18.6 Å². The van der Waals surface area contributed by atoms with E-state index < -0.39 is 69.5 Å². The summed E-state index contributed by atoms with van der Waals surface area (Å²) in [5, 5.41) is 16.7. The first-order valence-electron chi connectivity index (χ1n) is 12.4.